The second-order valence-corrected chi connectivity index (χ2v) is 15.8. The van der Waals surface area contributed by atoms with Crippen LogP contribution in [0.3, 0.4) is 0 Å². The van der Waals surface area contributed by atoms with Gasteiger partial charge >= 0.3 is 6.09 Å². The van der Waals surface area contributed by atoms with Gasteiger partial charge in [0.1, 0.15) is 30.0 Å². The molecule has 1 saturated heterocycles. The summed E-state index contributed by atoms with van der Waals surface area (Å²) in [5.41, 5.74) is 6.17. The number of H-pyrrole nitrogens is 2. The van der Waals surface area contributed by atoms with E-state index in [1.807, 2.05) is 29.8 Å². The van der Waals surface area contributed by atoms with Crippen LogP contribution in [0.25, 0.3) is 44.2 Å². The second-order valence-electron chi connectivity index (χ2n) is 15.8. The zero-order valence-corrected chi connectivity index (χ0v) is 33.8. The predicted octanol–water partition coefficient (Wildman–Crippen LogP) is 8.59. The summed E-state index contributed by atoms with van der Waals surface area (Å²) >= 11 is 0. The maximum absolute atomic E-state index is 14.1. The highest BCUT2D eigenvalue weighted by atomic mass is 16.5. The number of ether oxygens (including phenoxy) is 2. The van der Waals surface area contributed by atoms with E-state index in [-0.39, 0.29) is 23.8 Å². The lowest BCUT2D eigenvalue weighted by Gasteiger charge is -2.37. The third-order valence-corrected chi connectivity index (χ3v) is 12.1. The van der Waals surface area contributed by atoms with Gasteiger partial charge < -0.3 is 34.6 Å². The zero-order valence-electron chi connectivity index (χ0n) is 33.8. The molecule has 0 radical (unpaired) electrons. The maximum atomic E-state index is 14.1. The molecule has 2 aliphatic rings. The predicted molar refractivity (Wildman–Crippen MR) is 218 cm³/mol. The molecule has 4 heterocycles. The Morgan fingerprint density at radius 1 is 1.05 bits per heavy atom. The molecule has 7 rings (SSSR count). The van der Waals surface area contributed by atoms with E-state index in [9.17, 15) is 14.4 Å². The first-order chi connectivity index (χ1) is 27.0. The van der Waals surface area contributed by atoms with Crippen LogP contribution in [0.15, 0.2) is 48.7 Å². The van der Waals surface area contributed by atoms with E-state index < -0.39 is 17.7 Å². The molecule has 0 saturated carbocycles. The fourth-order valence-electron chi connectivity index (χ4n) is 8.24. The average Bonchev–Trinajstić information content (AvgIpc) is 3.98. The molecule has 5 aromatic rings. The van der Waals surface area contributed by atoms with Gasteiger partial charge in [-0.15, -0.1) is 0 Å². The van der Waals surface area contributed by atoms with E-state index in [4.69, 9.17) is 14.5 Å². The first kappa shape index (κ1) is 38.9. The smallest absolute Gasteiger partial charge is 0.407 e. The van der Waals surface area contributed by atoms with E-state index in [0.717, 1.165) is 106 Å². The van der Waals surface area contributed by atoms with Crippen LogP contribution in [0.1, 0.15) is 104 Å². The molecule has 4 atom stereocenters. The minimum absolute atomic E-state index is 0.0731. The number of aromatic nitrogens is 4. The number of alkyl carbamates (subject to hydrolysis) is 1. The molecule has 0 bridgehead atoms. The summed E-state index contributed by atoms with van der Waals surface area (Å²) in [6, 6.07) is 14.3. The number of hydrogen-bond acceptors (Lipinski definition) is 7. The minimum atomic E-state index is -0.702. The number of nitrogens with one attached hydrogen (secondary N) is 3. The Morgan fingerprint density at radius 2 is 1.88 bits per heavy atom. The summed E-state index contributed by atoms with van der Waals surface area (Å²) in [5, 5.41) is 4.80. The first-order valence-electron chi connectivity index (χ1n) is 20.2. The van der Waals surface area contributed by atoms with Gasteiger partial charge in [-0.2, -0.15) is 0 Å². The highest BCUT2D eigenvalue weighted by molar-refractivity contribution is 6.07. The van der Waals surface area contributed by atoms with Crippen LogP contribution in [-0.4, -0.2) is 73.4 Å². The van der Waals surface area contributed by atoms with Crippen LogP contribution in [0.4, 0.5) is 4.79 Å². The van der Waals surface area contributed by atoms with Crippen molar-refractivity contribution >= 4 is 39.7 Å². The first-order valence-corrected chi connectivity index (χ1v) is 20.2. The van der Waals surface area contributed by atoms with E-state index in [1.54, 1.807) is 0 Å². The van der Waals surface area contributed by atoms with Crippen molar-refractivity contribution < 1.29 is 23.9 Å². The Hall–Kier alpha value is -5.39. The molecule has 12 nitrogen and oxygen atoms in total. The number of benzene rings is 3. The van der Waals surface area contributed by atoms with Gasteiger partial charge in [0.05, 0.1) is 42.1 Å². The topological polar surface area (TPSA) is 146 Å². The van der Waals surface area contributed by atoms with Crippen LogP contribution in [-0.2, 0) is 33.0 Å². The normalized spacial score (nSPS) is 17.9. The van der Waals surface area contributed by atoms with Crippen molar-refractivity contribution in [3.05, 3.63) is 65.9 Å². The van der Waals surface area contributed by atoms with Crippen molar-refractivity contribution in [2.24, 2.45) is 5.92 Å². The van der Waals surface area contributed by atoms with E-state index >= 15 is 0 Å². The Balaban J connectivity index is 1.15. The number of amides is 3. The van der Waals surface area contributed by atoms with Gasteiger partial charge in [0.15, 0.2) is 0 Å². The average molecular weight is 762 g/mol. The highest BCUT2D eigenvalue weighted by Gasteiger charge is 2.46. The van der Waals surface area contributed by atoms with Crippen LogP contribution < -0.4 is 10.1 Å². The number of carbonyl (C=O) groups is 3. The molecule has 3 amide bonds. The summed E-state index contributed by atoms with van der Waals surface area (Å²) in [7, 11) is 1.31. The highest BCUT2D eigenvalue weighted by Crippen LogP contribution is 2.44. The van der Waals surface area contributed by atoms with Gasteiger partial charge in [-0.1, -0.05) is 58.7 Å². The van der Waals surface area contributed by atoms with Gasteiger partial charge in [-0.05, 0) is 91.8 Å². The summed E-state index contributed by atoms with van der Waals surface area (Å²) in [6.07, 6.45) is 6.86. The minimum Gasteiger partial charge on any atom is -0.488 e. The van der Waals surface area contributed by atoms with Gasteiger partial charge in [0.2, 0.25) is 11.8 Å². The van der Waals surface area contributed by atoms with Crippen molar-refractivity contribution in [2.45, 2.75) is 117 Å². The molecule has 0 spiro atoms. The van der Waals surface area contributed by atoms with E-state index in [0.29, 0.717) is 26.1 Å². The van der Waals surface area contributed by atoms with Crippen molar-refractivity contribution in [2.75, 3.05) is 13.7 Å². The Bertz CT molecular complexity index is 2260. The number of unbranched alkanes of at least 4 members (excludes halogenated alkanes) is 1. The Labute approximate surface area is 328 Å². The maximum Gasteiger partial charge on any atom is 0.407 e. The number of nitrogens with zero attached hydrogens (tertiary/aromatic N) is 4. The van der Waals surface area contributed by atoms with Crippen molar-refractivity contribution in [3.8, 4) is 28.1 Å². The molecular weight excluding hydrogens is 707 g/mol. The lowest BCUT2D eigenvalue weighted by atomic mass is 9.92. The Kier molecular flexibility index (Phi) is 11.1. The van der Waals surface area contributed by atoms with E-state index in [2.05, 4.69) is 90.4 Å². The molecule has 2 aromatic heterocycles. The number of carbonyl (C=O) groups excluding carboxylic acids is 3. The van der Waals surface area contributed by atoms with Crippen molar-refractivity contribution in [3.63, 3.8) is 0 Å². The molecule has 1 fully saturated rings. The van der Waals surface area contributed by atoms with Crippen molar-refractivity contribution in [1.29, 1.82) is 0 Å². The molecule has 0 unspecified atom stereocenters. The third-order valence-electron chi connectivity index (χ3n) is 12.1. The van der Waals surface area contributed by atoms with Crippen molar-refractivity contribution in [1.82, 2.24) is 35.1 Å². The monoisotopic (exact) mass is 761 g/mol. The number of rotatable bonds is 13. The van der Waals surface area contributed by atoms with Crippen LogP contribution in [0, 0.1) is 5.92 Å². The summed E-state index contributed by atoms with van der Waals surface area (Å²) in [5.74, 6) is 2.27. The van der Waals surface area contributed by atoms with Gasteiger partial charge in [-0.3, -0.25) is 9.59 Å². The standard InChI is InChI=1S/C44H55N7O5/c1-8-11-13-38(52)50(27(5)10-3)24-37-45-23-35(46-37)29-14-16-31-30(20-29)25-56-36-22-32-28(21-33(31)36)15-17-34-40(32)48-42(47-34)44(6)18-12-19-51(44)41(53)39(26(4)9-2)49-43(54)55-7/h14-17,20-23,26-27,39H,8-13,18-19,24-25H2,1-7H3,(H,45,46)(H,47,48)(H,49,54)/t26-,27+,39+,44+/m1/s1. The van der Waals surface area contributed by atoms with Gasteiger partial charge in [0.25, 0.3) is 0 Å². The number of hydrogen-bond donors (Lipinski definition) is 3. The zero-order chi connectivity index (χ0) is 39.7. The number of likely N-dealkylation sites (tertiary alicyclic amines) is 1. The van der Waals surface area contributed by atoms with Crippen LogP contribution in [0.5, 0.6) is 5.75 Å². The molecule has 2 aliphatic heterocycles. The Morgan fingerprint density at radius 3 is 2.62 bits per heavy atom. The largest absolute Gasteiger partial charge is 0.488 e. The molecule has 56 heavy (non-hydrogen) atoms. The second kappa shape index (κ2) is 16.0. The number of fused-ring (bicyclic) bond motifs is 6. The number of imidazole rings is 2. The number of methoxy groups -OCH3 is 1. The summed E-state index contributed by atoms with van der Waals surface area (Å²) < 4.78 is 11.3. The summed E-state index contributed by atoms with van der Waals surface area (Å²) in [4.78, 5) is 60.0. The summed E-state index contributed by atoms with van der Waals surface area (Å²) in [6.45, 7) is 13.8. The third kappa shape index (κ3) is 7.21. The quantitative estimate of drug-likeness (QED) is 0.109. The molecule has 3 N–H and O–H groups in total. The van der Waals surface area contributed by atoms with Crippen LogP contribution in [0.2, 0.25) is 0 Å². The lowest BCUT2D eigenvalue weighted by molar-refractivity contribution is -0.139. The fraction of sp³-hybridized carbons (Fsp3) is 0.477. The van der Waals surface area contributed by atoms with Crippen LogP contribution >= 0.6 is 0 Å². The molecule has 0 aliphatic carbocycles. The molecule has 3 aromatic carbocycles. The number of aromatic amines is 2. The SMILES string of the molecule is CCCCC(=O)N(Cc1ncc(-c2ccc3c(c2)COc2cc4c(ccc5[nH]c([C@]6(C)CCCN6C(=O)[C@@H](NC(=O)OC)[C@H](C)CC)nc54)cc2-3)[nH]1)[C@@H](C)CC. The molecule has 12 heteroatoms. The molecule has 296 valence electrons. The van der Waals surface area contributed by atoms with E-state index in [1.165, 1.54) is 7.11 Å². The lowest BCUT2D eigenvalue weighted by Crippen LogP contribution is -2.55. The van der Waals surface area contributed by atoms with Gasteiger partial charge in [-0.25, -0.2) is 14.8 Å². The van der Waals surface area contributed by atoms with Gasteiger partial charge in [0, 0.05) is 30.0 Å². The molecular formula is C44H55N7O5. The fourth-order valence-corrected chi connectivity index (χ4v) is 8.24.